The number of rotatable bonds is 1. The van der Waals surface area contributed by atoms with Gasteiger partial charge in [-0.05, 0) is 31.0 Å². The van der Waals surface area contributed by atoms with Gasteiger partial charge in [0.2, 0.25) is 0 Å². The number of H-pyrrole nitrogens is 1. The lowest BCUT2D eigenvalue weighted by Crippen LogP contribution is -1.77. The Morgan fingerprint density at radius 2 is 2.36 bits per heavy atom. The van der Waals surface area contributed by atoms with Crippen LogP contribution in [0.25, 0.3) is 10.9 Å². The minimum Gasteiger partial charge on any atom is -0.278 e. The molecule has 0 unspecified atom stereocenters. The molecule has 0 amide bonds. The van der Waals surface area contributed by atoms with Gasteiger partial charge in [0.1, 0.15) is 0 Å². The van der Waals surface area contributed by atoms with Crippen LogP contribution < -0.4 is 0 Å². The van der Waals surface area contributed by atoms with E-state index in [-0.39, 0.29) is 0 Å². The van der Waals surface area contributed by atoms with Gasteiger partial charge < -0.3 is 0 Å². The van der Waals surface area contributed by atoms with Gasteiger partial charge in [-0.15, -0.1) is 0 Å². The molecule has 2 nitrogen and oxygen atoms in total. The second-order valence-electron chi connectivity index (χ2n) is 2.54. The number of hydrogen-bond donors (Lipinski definition) is 1. The summed E-state index contributed by atoms with van der Waals surface area (Å²) in [5.41, 5.74) is 2.33. The zero-order valence-corrected chi connectivity index (χ0v) is 6.17. The van der Waals surface area contributed by atoms with Crippen molar-refractivity contribution in [1.82, 2.24) is 10.2 Å². The average Bonchev–Trinajstić information content (AvgIpc) is 2.50. The Bertz CT molecular complexity index is 362. The number of nitrogens with zero attached hydrogens (tertiary/aromatic N) is 1. The second-order valence-corrected chi connectivity index (χ2v) is 2.54. The van der Waals surface area contributed by atoms with Gasteiger partial charge in [-0.3, -0.25) is 5.10 Å². The van der Waals surface area contributed by atoms with Gasteiger partial charge in [-0.25, -0.2) is 0 Å². The summed E-state index contributed by atoms with van der Waals surface area (Å²) in [5.74, 6) is 0. The lowest BCUT2D eigenvalue weighted by atomic mass is 10.1. The van der Waals surface area contributed by atoms with Crippen LogP contribution in [0.15, 0.2) is 24.4 Å². The van der Waals surface area contributed by atoms with Crippen LogP contribution in [0.5, 0.6) is 0 Å². The highest BCUT2D eigenvalue weighted by Gasteiger charge is 1.94. The fourth-order valence-electron chi connectivity index (χ4n) is 1.15. The van der Waals surface area contributed by atoms with Crippen LogP contribution >= 0.6 is 0 Å². The van der Waals surface area contributed by atoms with Crippen LogP contribution in [0.2, 0.25) is 0 Å². The molecule has 0 saturated carbocycles. The van der Waals surface area contributed by atoms with Crippen LogP contribution in [0.1, 0.15) is 5.56 Å². The van der Waals surface area contributed by atoms with Crippen LogP contribution in [0.4, 0.5) is 0 Å². The summed E-state index contributed by atoms with van der Waals surface area (Å²) in [6.07, 6.45) is 2.66. The molecule has 55 valence electrons. The Labute approximate surface area is 65.2 Å². The molecule has 0 atom stereocenters. The first kappa shape index (κ1) is 6.40. The van der Waals surface area contributed by atoms with E-state index in [4.69, 9.17) is 0 Å². The maximum atomic E-state index is 3.93. The summed E-state index contributed by atoms with van der Waals surface area (Å²) >= 11 is 0. The van der Waals surface area contributed by atoms with Crippen molar-refractivity contribution in [3.8, 4) is 0 Å². The van der Waals surface area contributed by atoms with Crippen molar-refractivity contribution < 1.29 is 0 Å². The molecule has 0 fully saturated rings. The van der Waals surface area contributed by atoms with E-state index in [1.54, 1.807) is 0 Å². The minimum atomic E-state index is 0.834. The quantitative estimate of drug-likeness (QED) is 0.652. The number of nitrogens with one attached hydrogen (secondary N) is 1. The van der Waals surface area contributed by atoms with Crippen molar-refractivity contribution in [1.29, 1.82) is 0 Å². The summed E-state index contributed by atoms with van der Waals surface area (Å²) < 4.78 is 0. The lowest BCUT2D eigenvalue weighted by Gasteiger charge is -1.93. The molecule has 1 aromatic heterocycles. The zero-order valence-electron chi connectivity index (χ0n) is 6.17. The molecule has 0 spiro atoms. The number of fused-ring (bicyclic) bond motifs is 1. The third-order valence-corrected chi connectivity index (χ3v) is 1.79. The smallest absolute Gasteiger partial charge is 0.0650 e. The molecule has 2 rings (SSSR count). The Morgan fingerprint density at radius 1 is 1.45 bits per heavy atom. The molecule has 1 aromatic carbocycles. The Kier molecular flexibility index (Phi) is 1.39. The number of aromatic amines is 1. The molecule has 0 aliphatic heterocycles. The van der Waals surface area contributed by atoms with Crippen molar-refractivity contribution in [2.24, 2.45) is 0 Å². The van der Waals surface area contributed by atoms with Gasteiger partial charge in [0.05, 0.1) is 11.7 Å². The van der Waals surface area contributed by atoms with E-state index >= 15 is 0 Å². The van der Waals surface area contributed by atoms with E-state index in [0.29, 0.717) is 0 Å². The predicted molar refractivity (Wildman–Crippen MR) is 45.2 cm³/mol. The topological polar surface area (TPSA) is 28.7 Å². The van der Waals surface area contributed by atoms with Gasteiger partial charge in [0, 0.05) is 5.39 Å². The SMILES string of the molecule is [CH2]Cc1ccc2[nH]ncc2c1. The van der Waals surface area contributed by atoms with Gasteiger partial charge in [-0.2, -0.15) is 5.10 Å². The van der Waals surface area contributed by atoms with E-state index in [1.807, 2.05) is 12.3 Å². The summed E-state index contributed by atoms with van der Waals surface area (Å²) in [5, 5.41) is 7.99. The van der Waals surface area contributed by atoms with E-state index in [0.717, 1.165) is 17.3 Å². The third kappa shape index (κ3) is 1.00. The van der Waals surface area contributed by atoms with Gasteiger partial charge in [-0.1, -0.05) is 6.07 Å². The van der Waals surface area contributed by atoms with Gasteiger partial charge in [0.15, 0.2) is 0 Å². The normalized spacial score (nSPS) is 10.6. The van der Waals surface area contributed by atoms with Crippen molar-refractivity contribution in [2.75, 3.05) is 0 Å². The molecule has 1 N–H and O–H groups in total. The van der Waals surface area contributed by atoms with Crippen molar-refractivity contribution >= 4 is 10.9 Å². The molecule has 0 saturated heterocycles. The van der Waals surface area contributed by atoms with E-state index < -0.39 is 0 Å². The molecule has 0 aliphatic carbocycles. The fraction of sp³-hybridized carbons (Fsp3) is 0.111. The molecular formula is C9H9N2. The first-order valence-electron chi connectivity index (χ1n) is 3.61. The molecule has 2 aromatic rings. The predicted octanol–water partition coefficient (Wildman–Crippen LogP) is 1.94. The number of benzene rings is 1. The fourth-order valence-corrected chi connectivity index (χ4v) is 1.15. The van der Waals surface area contributed by atoms with Crippen LogP contribution in [0.3, 0.4) is 0 Å². The standard InChI is InChI=1S/C9H9N2/c1-2-7-3-4-9-8(5-7)6-10-11-9/h3-6H,1-2H2,(H,10,11). The molecule has 1 heterocycles. The lowest BCUT2D eigenvalue weighted by molar-refractivity contribution is 1.12. The maximum Gasteiger partial charge on any atom is 0.0650 e. The Morgan fingerprint density at radius 3 is 3.18 bits per heavy atom. The summed E-state index contributed by atoms with van der Waals surface area (Å²) in [4.78, 5) is 0. The molecule has 0 aliphatic rings. The van der Waals surface area contributed by atoms with E-state index in [1.165, 1.54) is 5.56 Å². The highest BCUT2D eigenvalue weighted by atomic mass is 15.1. The largest absolute Gasteiger partial charge is 0.278 e. The van der Waals surface area contributed by atoms with Gasteiger partial charge in [0.25, 0.3) is 0 Å². The molecular weight excluding hydrogens is 136 g/mol. The summed E-state index contributed by atoms with van der Waals surface area (Å²) in [6.45, 7) is 3.82. The third-order valence-electron chi connectivity index (χ3n) is 1.79. The number of hydrogen-bond acceptors (Lipinski definition) is 1. The maximum absolute atomic E-state index is 3.93. The monoisotopic (exact) mass is 145 g/mol. The van der Waals surface area contributed by atoms with Crippen LogP contribution in [0, 0.1) is 6.92 Å². The number of aromatic nitrogens is 2. The molecule has 0 bridgehead atoms. The van der Waals surface area contributed by atoms with Crippen LogP contribution in [-0.2, 0) is 6.42 Å². The molecule has 1 radical (unpaired) electrons. The first-order chi connectivity index (χ1) is 5.40. The van der Waals surface area contributed by atoms with Crippen molar-refractivity contribution in [2.45, 2.75) is 6.42 Å². The highest BCUT2D eigenvalue weighted by molar-refractivity contribution is 5.78. The van der Waals surface area contributed by atoms with Crippen molar-refractivity contribution in [3.05, 3.63) is 36.9 Å². The molecule has 2 heteroatoms. The van der Waals surface area contributed by atoms with Crippen molar-refractivity contribution in [3.63, 3.8) is 0 Å². The van der Waals surface area contributed by atoms with E-state index in [9.17, 15) is 0 Å². The van der Waals surface area contributed by atoms with Gasteiger partial charge >= 0.3 is 0 Å². The van der Waals surface area contributed by atoms with Crippen LogP contribution in [-0.4, -0.2) is 10.2 Å². The summed E-state index contributed by atoms with van der Waals surface area (Å²) in [6, 6.07) is 6.20. The van der Waals surface area contributed by atoms with E-state index in [2.05, 4.69) is 29.3 Å². The Balaban J connectivity index is 2.67. The minimum absolute atomic E-state index is 0.834. The first-order valence-corrected chi connectivity index (χ1v) is 3.61. The molecule has 11 heavy (non-hydrogen) atoms. The average molecular weight is 145 g/mol. The second kappa shape index (κ2) is 2.38. The summed E-state index contributed by atoms with van der Waals surface area (Å²) in [7, 11) is 0. The Hall–Kier alpha value is -1.31. The zero-order chi connectivity index (χ0) is 7.68. The highest BCUT2D eigenvalue weighted by Crippen LogP contribution is 2.12.